The Kier molecular flexibility index (Phi) is 8.79. The van der Waals surface area contributed by atoms with Gasteiger partial charge in [-0.15, -0.1) is 0 Å². The fraction of sp³-hybridized carbons (Fsp3) is 0.444. The van der Waals surface area contributed by atoms with E-state index >= 15 is 0 Å². The van der Waals surface area contributed by atoms with Gasteiger partial charge >= 0.3 is 0 Å². The van der Waals surface area contributed by atoms with Crippen LogP contribution >= 0.6 is 15.9 Å². The Morgan fingerprint density at radius 1 is 1.08 bits per heavy atom. The molecular weight excluding hydrogens is 704 g/mol. The number of nitrogens with one attached hydrogen (secondary N) is 2. The molecule has 1 spiro atoms. The van der Waals surface area contributed by atoms with Gasteiger partial charge in [-0.1, -0.05) is 26.0 Å². The number of pyridine rings is 1. The maximum absolute atomic E-state index is 14.3. The number of rotatable bonds is 4. The number of ether oxygens (including phenoxy) is 1. The van der Waals surface area contributed by atoms with Gasteiger partial charge in [0.05, 0.1) is 12.1 Å². The van der Waals surface area contributed by atoms with Crippen molar-refractivity contribution in [3.05, 3.63) is 64.4 Å². The minimum Gasteiger partial charge on any atom is -0.377 e. The smallest absolute Gasteiger partial charge is 0.248 e. The zero-order valence-electron chi connectivity index (χ0n) is 28.5. The molecule has 4 aromatic rings. The van der Waals surface area contributed by atoms with Gasteiger partial charge in [-0.3, -0.25) is 23.9 Å². The summed E-state index contributed by atoms with van der Waals surface area (Å²) in [5.41, 5.74) is 2.13. The molecule has 13 nitrogen and oxygen atoms in total. The van der Waals surface area contributed by atoms with Crippen LogP contribution in [0.25, 0.3) is 22.0 Å². The van der Waals surface area contributed by atoms with Crippen LogP contribution in [-0.4, -0.2) is 78.4 Å². The Morgan fingerprint density at radius 2 is 1.86 bits per heavy atom. The van der Waals surface area contributed by atoms with Crippen molar-refractivity contribution in [3.63, 3.8) is 0 Å². The van der Waals surface area contributed by atoms with Crippen LogP contribution < -0.4 is 10.6 Å². The van der Waals surface area contributed by atoms with Crippen LogP contribution in [0.5, 0.6) is 0 Å². The number of halogens is 1. The average molecular weight is 744 g/mol. The van der Waals surface area contributed by atoms with E-state index in [2.05, 4.69) is 46.6 Å². The number of fused-ring (bicyclic) bond motifs is 3. The summed E-state index contributed by atoms with van der Waals surface area (Å²) in [5, 5.41) is 11.3. The first-order chi connectivity index (χ1) is 23.8. The Morgan fingerprint density at radius 3 is 2.62 bits per heavy atom. The summed E-state index contributed by atoms with van der Waals surface area (Å²) in [6, 6.07) is 8.15. The lowest BCUT2D eigenvalue weighted by atomic mass is 9.86. The van der Waals surface area contributed by atoms with E-state index in [9.17, 15) is 19.2 Å². The molecule has 3 aliphatic rings. The summed E-state index contributed by atoms with van der Waals surface area (Å²) in [7, 11) is 0. The summed E-state index contributed by atoms with van der Waals surface area (Å²) >= 11 is 3.41. The molecule has 14 heteroatoms. The number of amides is 3. The Bertz CT molecular complexity index is 2030. The quantitative estimate of drug-likeness (QED) is 0.225. The minimum atomic E-state index is -0.809. The highest BCUT2D eigenvalue weighted by Gasteiger charge is 2.67. The number of carbonyl (C=O) groups excluding carboxylic acids is 4. The number of aromatic nitrogens is 5. The summed E-state index contributed by atoms with van der Waals surface area (Å²) in [6.45, 7) is 7.96. The molecule has 0 unspecified atom stereocenters. The number of piperidine rings is 1. The highest BCUT2D eigenvalue weighted by molar-refractivity contribution is 9.10. The summed E-state index contributed by atoms with van der Waals surface area (Å²) < 4.78 is 8.01. The number of benzene rings is 1. The zero-order chi connectivity index (χ0) is 35.4. The van der Waals surface area contributed by atoms with Crippen molar-refractivity contribution in [2.75, 3.05) is 18.5 Å². The van der Waals surface area contributed by atoms with Gasteiger partial charge < -0.3 is 20.3 Å². The molecule has 5 heterocycles. The number of Topliss-reactive ketones (excluding diaryl/α,β-unsaturated/α-hetero) is 1. The van der Waals surface area contributed by atoms with Crippen molar-refractivity contribution in [1.29, 1.82) is 0 Å². The van der Waals surface area contributed by atoms with Crippen molar-refractivity contribution in [1.82, 2.24) is 34.9 Å². The van der Waals surface area contributed by atoms with Gasteiger partial charge in [0.2, 0.25) is 17.7 Å². The van der Waals surface area contributed by atoms with E-state index in [-0.39, 0.29) is 48.4 Å². The van der Waals surface area contributed by atoms with E-state index < -0.39 is 16.9 Å². The second-order valence-electron chi connectivity index (χ2n) is 14.3. The molecule has 0 radical (unpaired) electrons. The number of aryl methyl sites for hydroxylation is 1. The predicted molar refractivity (Wildman–Crippen MR) is 188 cm³/mol. The molecule has 2 bridgehead atoms. The highest BCUT2D eigenvalue weighted by Crippen LogP contribution is 2.59. The van der Waals surface area contributed by atoms with Gasteiger partial charge in [0.1, 0.15) is 34.5 Å². The Balaban J connectivity index is 1.21. The van der Waals surface area contributed by atoms with Crippen LogP contribution in [0.4, 0.5) is 5.82 Å². The Hall–Kier alpha value is -4.56. The molecule has 1 aliphatic carbocycles. The molecule has 1 saturated heterocycles. The maximum Gasteiger partial charge on any atom is 0.248 e. The third-order valence-corrected chi connectivity index (χ3v) is 10.7. The number of nitrogens with zero attached hydrogens (tertiary/aromatic N) is 6. The van der Waals surface area contributed by atoms with Gasteiger partial charge in [-0.05, 0) is 72.3 Å². The second kappa shape index (κ2) is 13.0. The lowest BCUT2D eigenvalue weighted by molar-refractivity contribution is -0.138. The third-order valence-electron chi connectivity index (χ3n) is 10.2. The first-order valence-corrected chi connectivity index (χ1v) is 17.6. The molecule has 3 aromatic heterocycles. The number of hydrogen-bond donors (Lipinski definition) is 2. The lowest BCUT2D eigenvalue weighted by Crippen LogP contribution is -2.47. The first-order valence-electron chi connectivity index (χ1n) is 16.8. The molecule has 2 N–H and O–H groups in total. The molecule has 1 aromatic carbocycles. The number of likely N-dealkylation sites (tertiary alicyclic amines) is 1. The van der Waals surface area contributed by atoms with E-state index in [1.807, 2.05) is 45.0 Å². The van der Waals surface area contributed by atoms with Crippen molar-refractivity contribution in [3.8, 4) is 11.1 Å². The minimum absolute atomic E-state index is 0.0638. The first kappa shape index (κ1) is 33.9. The normalized spacial score (nSPS) is 23.5. The van der Waals surface area contributed by atoms with Gasteiger partial charge in [0.25, 0.3) is 0 Å². The highest BCUT2D eigenvalue weighted by atomic mass is 79.9. The van der Waals surface area contributed by atoms with E-state index in [0.29, 0.717) is 71.5 Å². The molecule has 7 rings (SSSR count). The molecule has 3 amide bonds. The molecular formula is C36H39BrN8O5. The summed E-state index contributed by atoms with van der Waals surface area (Å²) in [5.74, 6) is 0.0484. The second-order valence-corrected chi connectivity index (χ2v) is 15.1. The van der Waals surface area contributed by atoms with Crippen LogP contribution in [0.2, 0.25) is 0 Å². The number of anilines is 1. The average Bonchev–Trinajstić information content (AvgIpc) is 3.50. The molecule has 2 aliphatic heterocycles. The predicted octanol–water partition coefficient (Wildman–Crippen LogP) is 4.61. The van der Waals surface area contributed by atoms with Crippen molar-refractivity contribution >= 4 is 56.2 Å². The number of carbonyl (C=O) groups is 4. The number of ketones is 1. The third kappa shape index (κ3) is 6.41. The molecule has 260 valence electrons. The van der Waals surface area contributed by atoms with Gasteiger partial charge in [0, 0.05) is 65.9 Å². The van der Waals surface area contributed by atoms with Crippen molar-refractivity contribution < 1.29 is 23.9 Å². The van der Waals surface area contributed by atoms with Crippen LogP contribution in [0.3, 0.4) is 0 Å². The maximum atomic E-state index is 14.3. The van der Waals surface area contributed by atoms with Crippen LogP contribution in [0.15, 0.2) is 47.3 Å². The van der Waals surface area contributed by atoms with E-state index in [0.717, 1.165) is 11.1 Å². The topological polar surface area (TPSA) is 161 Å². The van der Waals surface area contributed by atoms with Crippen LogP contribution in [0.1, 0.15) is 68.3 Å². The van der Waals surface area contributed by atoms with E-state index in [1.54, 1.807) is 23.4 Å². The molecule has 1 saturated carbocycles. The van der Waals surface area contributed by atoms with Crippen LogP contribution in [-0.2, 0) is 32.3 Å². The van der Waals surface area contributed by atoms with Gasteiger partial charge in [0.15, 0.2) is 5.78 Å². The fourth-order valence-corrected chi connectivity index (χ4v) is 7.56. The largest absolute Gasteiger partial charge is 0.377 e. The molecule has 2 fully saturated rings. The van der Waals surface area contributed by atoms with E-state index in [4.69, 9.17) is 4.74 Å². The fourth-order valence-electron chi connectivity index (χ4n) is 7.26. The van der Waals surface area contributed by atoms with E-state index in [1.165, 1.54) is 11.6 Å². The SMILES string of the molecule is CC(=O)c1nn(CC(=O)N2[C@H]3C[C@@]4(CNC(=O)C(C)(C)CCCOCc5ccc(Br)nc5NC3=O)C[C@@H]24)c2ccc(-c3cnc(C)nc3)cc12. The summed E-state index contributed by atoms with van der Waals surface area (Å²) in [4.78, 5) is 69.2. The molecule has 3 atom stereocenters. The van der Waals surface area contributed by atoms with Crippen LogP contribution in [0, 0.1) is 17.8 Å². The lowest BCUT2D eigenvalue weighted by Gasteiger charge is -2.27. The standard InChI is InChI=1S/C36H39BrN8O5/c1-20(46)31-25-12-22(24-15-38-21(2)39-16-24)6-8-26(25)44(43-31)17-30(47)45-27-13-36(14-28(36)45)19-40-34(49)35(3,4)10-5-11-50-18-23-7-9-29(37)41-32(23)42-33(27)48/h6-9,12,15-16,27-28H,5,10-11,13-14,17-19H2,1-4H3,(H,40,49)(H,41,42,48)/t27-,28+,36-/m0/s1. The molecule has 50 heavy (non-hydrogen) atoms. The summed E-state index contributed by atoms with van der Waals surface area (Å²) in [6.07, 6.45) is 5.84. The van der Waals surface area contributed by atoms with Gasteiger partial charge in [-0.2, -0.15) is 5.10 Å². The Labute approximate surface area is 297 Å². The number of hydrogen-bond acceptors (Lipinski definition) is 9. The zero-order valence-corrected chi connectivity index (χ0v) is 30.0. The monoisotopic (exact) mass is 742 g/mol. The van der Waals surface area contributed by atoms with Crippen molar-refractivity contribution in [2.45, 2.75) is 78.6 Å². The van der Waals surface area contributed by atoms with Crippen molar-refractivity contribution in [2.24, 2.45) is 10.8 Å². The van der Waals surface area contributed by atoms with Gasteiger partial charge in [-0.25, -0.2) is 15.0 Å².